The van der Waals surface area contributed by atoms with Gasteiger partial charge in [-0.05, 0) is 18.1 Å². The van der Waals surface area contributed by atoms with Crippen molar-refractivity contribution in [1.29, 1.82) is 0 Å². The van der Waals surface area contributed by atoms with Gasteiger partial charge in [0.15, 0.2) is 5.78 Å². The third-order valence-electron chi connectivity index (χ3n) is 4.27. The minimum Gasteiger partial charge on any atom is -0.384 e. The van der Waals surface area contributed by atoms with Crippen LogP contribution in [0.25, 0.3) is 0 Å². The van der Waals surface area contributed by atoms with E-state index < -0.39 is 0 Å². The summed E-state index contributed by atoms with van der Waals surface area (Å²) in [6.07, 6.45) is 1.44. The SMILES string of the molecule is COCCSSCCCC(=O)C(C)c1cccc(C(=O)c2ccccc2)c1. The van der Waals surface area contributed by atoms with E-state index in [4.69, 9.17) is 4.74 Å². The Kier molecular flexibility index (Phi) is 9.67. The maximum absolute atomic E-state index is 12.6. The number of hydrogen-bond donors (Lipinski definition) is 0. The van der Waals surface area contributed by atoms with Crippen molar-refractivity contribution in [3.63, 3.8) is 0 Å². The van der Waals surface area contributed by atoms with E-state index in [1.165, 1.54) is 0 Å². The molecule has 2 aromatic carbocycles. The number of ketones is 2. The second-order valence-corrected chi connectivity index (χ2v) is 8.95. The van der Waals surface area contributed by atoms with E-state index in [1.54, 1.807) is 28.7 Å². The normalized spacial score (nSPS) is 11.9. The third kappa shape index (κ3) is 7.17. The molecule has 0 radical (unpaired) electrons. The Hall–Kier alpha value is -1.56. The van der Waals surface area contributed by atoms with Gasteiger partial charge in [0.05, 0.1) is 6.61 Å². The summed E-state index contributed by atoms with van der Waals surface area (Å²) < 4.78 is 5.01. The van der Waals surface area contributed by atoms with Crippen LogP contribution in [0, 0.1) is 0 Å². The maximum atomic E-state index is 12.6. The van der Waals surface area contributed by atoms with Crippen molar-refractivity contribution in [1.82, 2.24) is 0 Å². The van der Waals surface area contributed by atoms with Crippen molar-refractivity contribution in [2.24, 2.45) is 0 Å². The highest BCUT2D eigenvalue weighted by molar-refractivity contribution is 8.76. The molecule has 0 spiro atoms. The van der Waals surface area contributed by atoms with E-state index in [9.17, 15) is 9.59 Å². The van der Waals surface area contributed by atoms with Crippen LogP contribution in [0.5, 0.6) is 0 Å². The smallest absolute Gasteiger partial charge is 0.193 e. The maximum Gasteiger partial charge on any atom is 0.193 e. The Morgan fingerprint density at radius 2 is 1.67 bits per heavy atom. The van der Waals surface area contributed by atoms with Crippen molar-refractivity contribution in [3.05, 3.63) is 71.3 Å². The van der Waals surface area contributed by atoms with Crippen LogP contribution in [-0.4, -0.2) is 36.8 Å². The fourth-order valence-electron chi connectivity index (χ4n) is 2.65. The van der Waals surface area contributed by atoms with E-state index in [1.807, 2.05) is 61.5 Å². The highest BCUT2D eigenvalue weighted by Gasteiger charge is 2.17. The summed E-state index contributed by atoms with van der Waals surface area (Å²) in [5.41, 5.74) is 2.20. The van der Waals surface area contributed by atoms with Gasteiger partial charge in [-0.25, -0.2) is 0 Å². The second kappa shape index (κ2) is 12.0. The molecule has 1 atom stereocenters. The van der Waals surface area contributed by atoms with Gasteiger partial charge in [0.25, 0.3) is 0 Å². The van der Waals surface area contributed by atoms with Crippen molar-refractivity contribution in [3.8, 4) is 0 Å². The zero-order valence-electron chi connectivity index (χ0n) is 15.9. The lowest BCUT2D eigenvalue weighted by Crippen LogP contribution is -2.10. The summed E-state index contributed by atoms with van der Waals surface area (Å²) in [5, 5.41) is 0. The van der Waals surface area contributed by atoms with Gasteiger partial charge in [0.1, 0.15) is 5.78 Å². The Morgan fingerprint density at radius 1 is 0.963 bits per heavy atom. The fraction of sp³-hybridized carbons (Fsp3) is 0.364. The number of rotatable bonds is 12. The molecule has 0 aliphatic rings. The first kappa shape index (κ1) is 21.7. The van der Waals surface area contributed by atoms with Gasteiger partial charge < -0.3 is 4.74 Å². The van der Waals surface area contributed by atoms with Gasteiger partial charge in [-0.15, -0.1) is 0 Å². The first-order valence-corrected chi connectivity index (χ1v) is 11.6. The van der Waals surface area contributed by atoms with Gasteiger partial charge in [-0.3, -0.25) is 9.59 Å². The summed E-state index contributed by atoms with van der Waals surface area (Å²) in [5.74, 6) is 1.94. The van der Waals surface area contributed by atoms with E-state index in [0.717, 1.165) is 30.1 Å². The van der Waals surface area contributed by atoms with Crippen LogP contribution in [0.2, 0.25) is 0 Å². The number of methoxy groups -OCH3 is 1. The molecule has 0 fully saturated rings. The van der Waals surface area contributed by atoms with E-state index >= 15 is 0 Å². The number of ether oxygens (including phenoxy) is 1. The van der Waals surface area contributed by atoms with Gasteiger partial charge in [0, 0.05) is 42.1 Å². The second-order valence-electron chi connectivity index (χ2n) is 6.25. The predicted molar refractivity (Wildman–Crippen MR) is 116 cm³/mol. The molecule has 2 aromatic rings. The molecule has 0 N–H and O–H groups in total. The summed E-state index contributed by atoms with van der Waals surface area (Å²) in [4.78, 5) is 25.1. The fourth-order valence-corrected chi connectivity index (χ4v) is 4.65. The third-order valence-corrected chi connectivity index (χ3v) is 6.73. The van der Waals surface area contributed by atoms with Crippen LogP contribution in [0.4, 0.5) is 0 Å². The van der Waals surface area contributed by atoms with E-state index in [-0.39, 0.29) is 17.5 Å². The molecule has 0 saturated heterocycles. The first-order valence-electron chi connectivity index (χ1n) is 9.09. The molecule has 0 heterocycles. The highest BCUT2D eigenvalue weighted by Crippen LogP contribution is 2.24. The summed E-state index contributed by atoms with van der Waals surface area (Å²) in [6.45, 7) is 2.68. The highest BCUT2D eigenvalue weighted by atomic mass is 33.1. The zero-order valence-corrected chi connectivity index (χ0v) is 17.5. The lowest BCUT2D eigenvalue weighted by molar-refractivity contribution is -0.120. The van der Waals surface area contributed by atoms with E-state index in [0.29, 0.717) is 17.5 Å². The molecule has 2 rings (SSSR count). The monoisotopic (exact) mass is 402 g/mol. The van der Waals surface area contributed by atoms with Crippen LogP contribution in [0.15, 0.2) is 54.6 Å². The van der Waals surface area contributed by atoms with Crippen LogP contribution in [0.1, 0.15) is 47.2 Å². The van der Waals surface area contributed by atoms with E-state index in [2.05, 4.69) is 0 Å². The Bertz CT molecular complexity index is 731. The molecule has 3 nitrogen and oxygen atoms in total. The standard InChI is InChI=1S/C22H26O3S2/c1-17(21(23)12-7-14-26-27-15-13-25-2)19-10-6-11-20(16-19)22(24)18-8-4-3-5-9-18/h3-6,8-11,16-17H,7,12-15H2,1-2H3. The lowest BCUT2D eigenvalue weighted by atomic mass is 9.91. The molecule has 0 aliphatic carbocycles. The first-order chi connectivity index (χ1) is 13.1. The summed E-state index contributed by atoms with van der Waals surface area (Å²) >= 11 is 0. The van der Waals surface area contributed by atoms with Crippen LogP contribution >= 0.6 is 21.6 Å². The van der Waals surface area contributed by atoms with Crippen LogP contribution < -0.4 is 0 Å². The van der Waals surface area contributed by atoms with Gasteiger partial charge in [0.2, 0.25) is 0 Å². The molecule has 0 bridgehead atoms. The largest absolute Gasteiger partial charge is 0.384 e. The quantitative estimate of drug-likeness (QED) is 0.270. The molecular formula is C22H26O3S2. The molecule has 5 heteroatoms. The minimum absolute atomic E-state index is 0.0124. The van der Waals surface area contributed by atoms with Crippen LogP contribution in [-0.2, 0) is 9.53 Å². The molecule has 0 aliphatic heterocycles. The number of carbonyl (C=O) groups is 2. The van der Waals surface area contributed by atoms with Crippen molar-refractivity contribution in [2.45, 2.75) is 25.7 Å². The number of benzene rings is 2. The van der Waals surface area contributed by atoms with Crippen molar-refractivity contribution < 1.29 is 14.3 Å². The zero-order chi connectivity index (χ0) is 19.5. The number of carbonyl (C=O) groups excluding carboxylic acids is 2. The summed E-state index contributed by atoms with van der Waals surface area (Å²) in [7, 11) is 5.27. The molecular weight excluding hydrogens is 376 g/mol. The molecule has 0 aromatic heterocycles. The van der Waals surface area contributed by atoms with Crippen LogP contribution in [0.3, 0.4) is 0 Å². The van der Waals surface area contributed by atoms with Gasteiger partial charge in [-0.2, -0.15) is 0 Å². The van der Waals surface area contributed by atoms with Gasteiger partial charge in [-0.1, -0.05) is 77.0 Å². The molecule has 144 valence electrons. The minimum atomic E-state index is -0.195. The molecule has 27 heavy (non-hydrogen) atoms. The summed E-state index contributed by atoms with van der Waals surface area (Å²) in [6, 6.07) is 16.7. The number of Topliss-reactive ketones (excluding diaryl/α,β-unsaturated/α-hetero) is 1. The Labute approximate surface area is 169 Å². The number of hydrogen-bond acceptors (Lipinski definition) is 5. The average molecular weight is 403 g/mol. The molecule has 0 saturated carbocycles. The van der Waals surface area contributed by atoms with Crippen molar-refractivity contribution in [2.75, 3.05) is 25.2 Å². The Balaban J connectivity index is 1.88. The Morgan fingerprint density at radius 3 is 2.41 bits per heavy atom. The molecule has 1 unspecified atom stereocenters. The average Bonchev–Trinajstić information content (AvgIpc) is 2.72. The van der Waals surface area contributed by atoms with Crippen molar-refractivity contribution >= 4 is 33.2 Å². The lowest BCUT2D eigenvalue weighted by Gasteiger charge is -2.12. The molecule has 0 amide bonds. The van der Waals surface area contributed by atoms with Gasteiger partial charge >= 0.3 is 0 Å². The topological polar surface area (TPSA) is 43.4 Å². The predicted octanol–water partition coefficient (Wildman–Crippen LogP) is 5.40.